The maximum Gasteiger partial charge on any atom is 0.416 e. The van der Waals surface area contributed by atoms with E-state index in [9.17, 15) is 18.0 Å². The second kappa shape index (κ2) is 5.32. The van der Waals surface area contributed by atoms with Crippen LogP contribution in [0.25, 0.3) is 0 Å². The van der Waals surface area contributed by atoms with Crippen LogP contribution in [-0.2, 0) is 11.0 Å². The summed E-state index contributed by atoms with van der Waals surface area (Å²) in [5.41, 5.74) is -0.695. The van der Waals surface area contributed by atoms with E-state index in [1.165, 1.54) is 12.1 Å². The highest BCUT2D eigenvalue weighted by molar-refractivity contribution is 8.16. The number of benzene rings is 1. The Morgan fingerprint density at radius 2 is 2.10 bits per heavy atom. The smallest absolute Gasteiger partial charge is 0.416 e. The minimum Gasteiger partial charge on any atom is -0.515 e. The Kier molecular flexibility index (Phi) is 3.89. The molecular weight excluding hydrogens is 291 g/mol. The largest absolute Gasteiger partial charge is 0.515 e. The Morgan fingerprint density at radius 3 is 2.70 bits per heavy atom. The van der Waals surface area contributed by atoms with Crippen molar-refractivity contribution in [2.45, 2.75) is 18.3 Å². The molecule has 0 aromatic heterocycles. The summed E-state index contributed by atoms with van der Waals surface area (Å²) in [5.74, 6) is -0.289. The van der Waals surface area contributed by atoms with Crippen LogP contribution in [0.5, 0.6) is 0 Å². The van der Waals surface area contributed by atoms with Gasteiger partial charge in [-0.25, -0.2) is 4.99 Å². The van der Waals surface area contributed by atoms with Crippen LogP contribution < -0.4 is 0 Å². The van der Waals surface area contributed by atoms with Crippen LogP contribution in [0.1, 0.15) is 12.5 Å². The molecule has 1 aliphatic rings. The number of thioether (sulfide) groups is 1. The number of halogens is 3. The molecule has 1 atom stereocenters. The summed E-state index contributed by atoms with van der Waals surface area (Å²) in [6.07, 6.45) is -3.80. The molecule has 2 rings (SSSR count). The molecular formula is C13H10F3NO2S. The van der Waals surface area contributed by atoms with Crippen molar-refractivity contribution in [3.05, 3.63) is 41.7 Å². The van der Waals surface area contributed by atoms with Gasteiger partial charge in [-0.3, -0.25) is 4.79 Å². The summed E-state index contributed by atoms with van der Waals surface area (Å²) in [4.78, 5) is 15.7. The Labute approximate surface area is 117 Å². The Morgan fingerprint density at radius 1 is 1.40 bits per heavy atom. The second-order valence-corrected chi connectivity index (χ2v) is 5.46. The fraction of sp³-hybridized carbons (Fsp3) is 0.231. The van der Waals surface area contributed by atoms with Crippen LogP contribution >= 0.6 is 11.8 Å². The average Bonchev–Trinajstić information content (AvgIpc) is 2.64. The number of hydrogen-bond acceptors (Lipinski definition) is 4. The zero-order valence-electron chi connectivity index (χ0n) is 10.3. The standard InChI is InChI=1S/C13H10F3NO2S/c1-7-11(19)10(6-18)12(20-7)17-9-4-2-3-8(5-9)13(14,15)16/h2-7,18H,1H3. The molecule has 20 heavy (non-hydrogen) atoms. The molecule has 1 saturated heterocycles. The number of carbonyl (C=O) groups excluding carboxylic acids is 1. The van der Waals surface area contributed by atoms with Crippen molar-refractivity contribution in [2.75, 3.05) is 0 Å². The average molecular weight is 301 g/mol. The molecule has 106 valence electrons. The van der Waals surface area contributed by atoms with Crippen molar-refractivity contribution < 1.29 is 23.1 Å². The zero-order chi connectivity index (χ0) is 14.9. The van der Waals surface area contributed by atoms with Gasteiger partial charge in [0.2, 0.25) is 0 Å². The van der Waals surface area contributed by atoms with Gasteiger partial charge in [0, 0.05) is 0 Å². The van der Waals surface area contributed by atoms with Crippen molar-refractivity contribution >= 4 is 28.3 Å². The first-order valence-corrected chi connectivity index (χ1v) is 6.52. The van der Waals surface area contributed by atoms with Crippen molar-refractivity contribution in [1.82, 2.24) is 0 Å². The number of aliphatic hydroxyl groups is 1. The molecule has 0 radical (unpaired) electrons. The van der Waals surface area contributed by atoms with Gasteiger partial charge in [0.15, 0.2) is 5.78 Å². The molecule has 0 aliphatic carbocycles. The lowest BCUT2D eigenvalue weighted by Crippen LogP contribution is -2.07. The molecule has 0 bridgehead atoms. The Balaban J connectivity index is 2.39. The molecule has 1 aromatic carbocycles. The van der Waals surface area contributed by atoms with Crippen LogP contribution in [0, 0.1) is 0 Å². The SMILES string of the molecule is CC1SC(=Nc2cccc(C(F)(F)F)c2)C(=CO)C1=O. The zero-order valence-corrected chi connectivity index (χ0v) is 11.1. The number of ketones is 1. The minimum atomic E-state index is -4.45. The molecule has 3 nitrogen and oxygen atoms in total. The molecule has 7 heteroatoms. The number of aliphatic hydroxyl groups excluding tert-OH is 1. The van der Waals surface area contributed by atoms with Gasteiger partial charge >= 0.3 is 6.18 Å². The molecule has 0 saturated carbocycles. The van der Waals surface area contributed by atoms with Crippen molar-refractivity contribution in [3.8, 4) is 0 Å². The van der Waals surface area contributed by atoms with E-state index in [0.29, 0.717) is 6.26 Å². The summed E-state index contributed by atoms with van der Waals surface area (Å²) in [5, 5.41) is 8.85. The van der Waals surface area contributed by atoms with Gasteiger partial charge in [0.25, 0.3) is 0 Å². The third-order valence-electron chi connectivity index (χ3n) is 2.69. The fourth-order valence-electron chi connectivity index (χ4n) is 1.68. The first kappa shape index (κ1) is 14.6. The molecule has 0 spiro atoms. The summed E-state index contributed by atoms with van der Waals surface area (Å²) in [6.45, 7) is 1.64. The lowest BCUT2D eigenvalue weighted by atomic mass is 10.1. The van der Waals surface area contributed by atoms with E-state index in [0.717, 1.165) is 23.9 Å². The summed E-state index contributed by atoms with van der Waals surface area (Å²) < 4.78 is 37.8. The second-order valence-electron chi connectivity index (χ2n) is 4.13. The molecule has 1 unspecified atom stereocenters. The van der Waals surface area contributed by atoms with Crippen LogP contribution in [0.3, 0.4) is 0 Å². The summed E-state index contributed by atoms with van der Waals surface area (Å²) in [7, 11) is 0. The van der Waals surface area contributed by atoms with Gasteiger partial charge < -0.3 is 5.11 Å². The van der Waals surface area contributed by atoms with E-state index in [1.54, 1.807) is 6.92 Å². The van der Waals surface area contributed by atoms with Gasteiger partial charge in [0.1, 0.15) is 5.04 Å². The monoisotopic (exact) mass is 301 g/mol. The number of nitrogens with zero attached hydrogens (tertiary/aromatic N) is 1. The van der Waals surface area contributed by atoms with Crippen LogP contribution in [0.15, 0.2) is 41.1 Å². The first-order valence-electron chi connectivity index (χ1n) is 5.64. The van der Waals surface area contributed by atoms with E-state index >= 15 is 0 Å². The predicted octanol–water partition coefficient (Wildman–Crippen LogP) is 3.88. The molecule has 0 amide bonds. The lowest BCUT2D eigenvalue weighted by molar-refractivity contribution is -0.137. The van der Waals surface area contributed by atoms with Gasteiger partial charge in [-0.05, 0) is 25.1 Å². The normalized spacial score (nSPS) is 23.8. The van der Waals surface area contributed by atoms with E-state index in [-0.39, 0.29) is 22.1 Å². The number of hydrogen-bond donors (Lipinski definition) is 1. The third-order valence-corrected chi connectivity index (χ3v) is 3.79. The number of aliphatic imine (C=N–C) groups is 1. The highest BCUT2D eigenvalue weighted by Crippen LogP contribution is 2.35. The third kappa shape index (κ3) is 2.87. The fourth-order valence-corrected chi connectivity index (χ4v) is 2.69. The lowest BCUT2D eigenvalue weighted by Gasteiger charge is -2.06. The first-order chi connectivity index (χ1) is 9.32. The van der Waals surface area contributed by atoms with Crippen LogP contribution in [-0.4, -0.2) is 21.2 Å². The highest BCUT2D eigenvalue weighted by Gasteiger charge is 2.33. The van der Waals surface area contributed by atoms with Crippen molar-refractivity contribution in [1.29, 1.82) is 0 Å². The van der Waals surface area contributed by atoms with Crippen molar-refractivity contribution in [3.63, 3.8) is 0 Å². The number of alkyl halides is 3. The maximum absolute atomic E-state index is 12.6. The van der Waals surface area contributed by atoms with Crippen LogP contribution in [0.2, 0.25) is 0 Å². The number of Topliss-reactive ketones (excluding diaryl/α,β-unsaturated/α-hetero) is 1. The van der Waals surface area contributed by atoms with E-state index in [4.69, 9.17) is 5.11 Å². The number of rotatable bonds is 1. The van der Waals surface area contributed by atoms with Gasteiger partial charge in [-0.15, -0.1) is 0 Å². The van der Waals surface area contributed by atoms with Gasteiger partial charge in [0.05, 0.1) is 28.3 Å². The topological polar surface area (TPSA) is 49.7 Å². The van der Waals surface area contributed by atoms with Crippen molar-refractivity contribution in [2.24, 2.45) is 4.99 Å². The molecule has 1 fully saturated rings. The summed E-state index contributed by atoms with van der Waals surface area (Å²) in [6, 6.07) is 4.50. The van der Waals surface area contributed by atoms with E-state index in [2.05, 4.69) is 4.99 Å². The molecule has 1 aliphatic heterocycles. The van der Waals surface area contributed by atoms with Gasteiger partial charge in [-0.2, -0.15) is 13.2 Å². The van der Waals surface area contributed by atoms with Crippen LogP contribution in [0.4, 0.5) is 18.9 Å². The Hall–Kier alpha value is -1.76. The highest BCUT2D eigenvalue weighted by atomic mass is 32.2. The molecule has 1 aromatic rings. The molecule has 1 N–H and O–H groups in total. The van der Waals surface area contributed by atoms with E-state index in [1.807, 2.05) is 0 Å². The van der Waals surface area contributed by atoms with Gasteiger partial charge in [-0.1, -0.05) is 17.8 Å². The summed E-state index contributed by atoms with van der Waals surface area (Å²) >= 11 is 1.11. The Bertz CT molecular complexity index is 608. The predicted molar refractivity (Wildman–Crippen MR) is 71.3 cm³/mol. The quantitative estimate of drug-likeness (QED) is 0.632. The minimum absolute atomic E-state index is 0.0277. The number of carbonyl (C=O) groups is 1. The van der Waals surface area contributed by atoms with E-state index < -0.39 is 17.0 Å². The molecule has 1 heterocycles. The maximum atomic E-state index is 12.6.